The van der Waals surface area contributed by atoms with Crippen LogP contribution in [0.15, 0.2) is 24.3 Å². The van der Waals surface area contributed by atoms with Crippen LogP contribution >= 0.6 is 15.0 Å². The molecule has 0 aliphatic carbocycles. The first kappa shape index (κ1) is 17.8. The van der Waals surface area contributed by atoms with Crippen molar-refractivity contribution in [1.29, 1.82) is 0 Å². The zero-order chi connectivity index (χ0) is 15.7. The van der Waals surface area contributed by atoms with Crippen LogP contribution < -0.4 is 10.6 Å². The van der Waals surface area contributed by atoms with E-state index in [0.29, 0.717) is 0 Å². The second kappa shape index (κ2) is 5.19. The van der Waals surface area contributed by atoms with E-state index < -0.39 is 15.0 Å². The van der Waals surface area contributed by atoms with Crippen LogP contribution in [0, 0.1) is 0 Å². The zero-order valence-corrected chi connectivity index (χ0v) is 13.4. The molecular formula is C10H20O8P2. The Morgan fingerprint density at radius 1 is 0.600 bits per heavy atom. The Morgan fingerprint density at radius 2 is 0.800 bits per heavy atom. The third-order valence-electron chi connectivity index (χ3n) is 3.05. The molecule has 0 aliphatic rings. The summed E-state index contributed by atoms with van der Waals surface area (Å²) in [6.07, 6.45) is 0. The Labute approximate surface area is 117 Å². The van der Waals surface area contributed by atoms with Crippen LogP contribution in [-0.4, -0.2) is 48.0 Å². The van der Waals surface area contributed by atoms with Gasteiger partial charge in [-0.05, 0) is 0 Å². The summed E-state index contributed by atoms with van der Waals surface area (Å²) in [7, 11) is -5.43. The molecule has 1 aromatic rings. The summed E-state index contributed by atoms with van der Waals surface area (Å²) in [4.78, 5) is 40.4. The molecule has 4 N–H and O–H groups in total. The van der Waals surface area contributed by atoms with E-state index in [1.807, 2.05) is 0 Å². The van der Waals surface area contributed by atoms with Gasteiger partial charge in [0.25, 0.3) is 0 Å². The van der Waals surface area contributed by atoms with Crippen molar-refractivity contribution in [2.45, 2.75) is 0 Å². The fraction of sp³-hybridized carbons (Fsp3) is 0.400. The first-order valence-corrected chi connectivity index (χ1v) is 9.39. The maximum absolute atomic E-state index is 10.1. The molecule has 0 aliphatic heterocycles. The van der Waals surface area contributed by atoms with Crippen molar-refractivity contribution < 1.29 is 37.7 Å². The summed E-state index contributed by atoms with van der Waals surface area (Å²) in [5.74, 6) is 0. The molecule has 20 heavy (non-hydrogen) atoms. The van der Waals surface area contributed by atoms with E-state index in [4.69, 9.17) is 18.1 Å². The second-order valence-electron chi connectivity index (χ2n) is 3.99. The van der Waals surface area contributed by atoms with Gasteiger partial charge < -0.3 is 0 Å². The minimum atomic E-state index is -4.91. The van der Waals surface area contributed by atoms with E-state index in [1.165, 1.54) is 24.3 Å². The predicted molar refractivity (Wildman–Crippen MR) is 76.5 cm³/mol. The molecule has 0 atom stereocenters. The molecule has 0 bridgehead atoms. The SMILES string of the molecule is COP(O)(O)(OC)c1ccc(P(O)(O)(OC)OC)cc1. The molecule has 0 fully saturated rings. The van der Waals surface area contributed by atoms with Crippen LogP contribution in [0.3, 0.4) is 0 Å². The number of hydrogen-bond donors (Lipinski definition) is 4. The van der Waals surface area contributed by atoms with E-state index in [2.05, 4.69) is 0 Å². The van der Waals surface area contributed by atoms with Gasteiger partial charge in [0.2, 0.25) is 0 Å². The van der Waals surface area contributed by atoms with Gasteiger partial charge in [0, 0.05) is 0 Å². The molecule has 0 unspecified atom stereocenters. The van der Waals surface area contributed by atoms with E-state index in [1.54, 1.807) is 0 Å². The molecule has 0 amide bonds. The molecule has 0 heterocycles. The Balaban J connectivity index is 3.33. The van der Waals surface area contributed by atoms with Gasteiger partial charge in [-0.1, -0.05) is 0 Å². The first-order valence-electron chi connectivity index (χ1n) is 5.43. The van der Waals surface area contributed by atoms with Crippen LogP contribution in [-0.2, 0) is 18.1 Å². The molecule has 118 valence electrons. The van der Waals surface area contributed by atoms with Crippen molar-refractivity contribution in [3.8, 4) is 0 Å². The predicted octanol–water partition coefficient (Wildman–Crippen LogP) is -0.0814. The third-order valence-corrected chi connectivity index (χ3v) is 8.05. The van der Waals surface area contributed by atoms with Crippen LogP contribution in [0.5, 0.6) is 0 Å². The van der Waals surface area contributed by atoms with E-state index >= 15 is 0 Å². The number of rotatable bonds is 6. The molecule has 1 aromatic carbocycles. The molecule has 8 nitrogen and oxygen atoms in total. The minimum absolute atomic E-state index is 0.0459. The van der Waals surface area contributed by atoms with Gasteiger partial charge in [0.15, 0.2) is 0 Å². The standard InChI is InChI=1S/C10H20O8P2/c1-15-19(11,12,16-2)9-5-7-10(8-6-9)20(13,14,17-3)18-4/h5-8,11-14H,1-4H3. The van der Waals surface area contributed by atoms with Gasteiger partial charge >= 0.3 is 116 Å². The molecule has 0 saturated carbocycles. The monoisotopic (exact) mass is 330 g/mol. The second-order valence-corrected chi connectivity index (χ2v) is 9.98. The van der Waals surface area contributed by atoms with Crippen molar-refractivity contribution in [2.75, 3.05) is 28.4 Å². The van der Waals surface area contributed by atoms with Gasteiger partial charge in [-0.3, -0.25) is 0 Å². The summed E-state index contributed by atoms with van der Waals surface area (Å²) in [6, 6.07) is 4.91. The summed E-state index contributed by atoms with van der Waals surface area (Å²) < 4.78 is 18.8. The summed E-state index contributed by atoms with van der Waals surface area (Å²) >= 11 is 0. The molecule has 0 spiro atoms. The van der Waals surface area contributed by atoms with Crippen LogP contribution in [0.4, 0.5) is 0 Å². The Hall–Kier alpha value is -0.240. The van der Waals surface area contributed by atoms with Gasteiger partial charge in [-0.15, -0.1) is 0 Å². The van der Waals surface area contributed by atoms with E-state index in [9.17, 15) is 19.6 Å². The topological polar surface area (TPSA) is 118 Å². The molecule has 1 rings (SSSR count). The quantitative estimate of drug-likeness (QED) is 0.535. The Kier molecular flexibility index (Phi) is 4.62. The van der Waals surface area contributed by atoms with Crippen LogP contribution in [0.25, 0.3) is 0 Å². The van der Waals surface area contributed by atoms with Crippen molar-refractivity contribution in [3.05, 3.63) is 24.3 Å². The fourth-order valence-electron chi connectivity index (χ4n) is 1.53. The molecular weight excluding hydrogens is 310 g/mol. The molecule has 0 radical (unpaired) electrons. The van der Waals surface area contributed by atoms with Gasteiger partial charge in [-0.25, -0.2) is 0 Å². The molecule has 10 heteroatoms. The first-order chi connectivity index (χ1) is 9.03. The van der Waals surface area contributed by atoms with Crippen LogP contribution in [0.1, 0.15) is 0 Å². The van der Waals surface area contributed by atoms with Crippen molar-refractivity contribution in [1.82, 2.24) is 0 Å². The average Bonchev–Trinajstić information content (AvgIpc) is 2.48. The summed E-state index contributed by atoms with van der Waals surface area (Å²) in [5, 5.41) is -0.0917. The van der Waals surface area contributed by atoms with E-state index in [0.717, 1.165) is 28.4 Å². The van der Waals surface area contributed by atoms with Gasteiger partial charge in [0.1, 0.15) is 0 Å². The van der Waals surface area contributed by atoms with Gasteiger partial charge in [-0.2, -0.15) is 0 Å². The van der Waals surface area contributed by atoms with Crippen molar-refractivity contribution >= 4 is 25.6 Å². The van der Waals surface area contributed by atoms with Gasteiger partial charge in [0.05, 0.1) is 0 Å². The Morgan fingerprint density at radius 3 is 0.950 bits per heavy atom. The van der Waals surface area contributed by atoms with E-state index in [-0.39, 0.29) is 10.6 Å². The fourth-order valence-corrected chi connectivity index (χ4v) is 3.99. The average molecular weight is 330 g/mol. The summed E-state index contributed by atoms with van der Waals surface area (Å²) in [6.45, 7) is 0. The maximum atomic E-state index is 10.1. The zero-order valence-electron chi connectivity index (χ0n) is 11.6. The number of hydrogen-bond acceptors (Lipinski definition) is 8. The normalized spacial score (nSPS) is 17.0. The Bertz CT molecular complexity index is 426. The van der Waals surface area contributed by atoms with Crippen molar-refractivity contribution in [3.63, 3.8) is 0 Å². The third kappa shape index (κ3) is 2.86. The number of benzene rings is 1. The van der Waals surface area contributed by atoms with Crippen molar-refractivity contribution in [2.24, 2.45) is 0 Å². The summed E-state index contributed by atoms with van der Waals surface area (Å²) in [5.41, 5.74) is 0. The molecule has 0 aromatic heterocycles. The molecule has 0 saturated heterocycles. The van der Waals surface area contributed by atoms with Crippen LogP contribution in [0.2, 0.25) is 0 Å².